The number of halogens is 2. The van der Waals surface area contributed by atoms with E-state index in [1.807, 2.05) is 6.92 Å². The number of hydrogen-bond acceptors (Lipinski definition) is 4. The molecule has 0 amide bonds. The van der Waals surface area contributed by atoms with E-state index in [0.29, 0.717) is 0 Å². The number of alkyl halides is 2. The van der Waals surface area contributed by atoms with E-state index in [1.54, 1.807) is 12.1 Å². The van der Waals surface area contributed by atoms with Crippen molar-refractivity contribution in [3.05, 3.63) is 29.8 Å². The monoisotopic (exact) mass is 320 g/mol. The highest BCUT2D eigenvalue weighted by Crippen LogP contribution is 2.45. The van der Waals surface area contributed by atoms with Gasteiger partial charge in [0.1, 0.15) is 5.60 Å². The highest BCUT2D eigenvalue weighted by atomic mass is 32.2. The fourth-order valence-corrected chi connectivity index (χ4v) is 3.41. The number of aryl methyl sites for hydroxylation is 1. The molecule has 0 heterocycles. The Bertz CT molecular complexity index is 577. The van der Waals surface area contributed by atoms with Crippen LogP contribution in [-0.4, -0.2) is 34.2 Å². The topological polar surface area (TPSA) is 52.6 Å². The number of rotatable bonds is 6. The lowest BCUT2D eigenvalue weighted by molar-refractivity contribution is -0.191. The van der Waals surface area contributed by atoms with Gasteiger partial charge in [0, 0.05) is 7.11 Å². The molecule has 118 valence electrons. The van der Waals surface area contributed by atoms with E-state index in [4.69, 9.17) is 8.92 Å². The summed E-state index contributed by atoms with van der Waals surface area (Å²) in [6, 6.07) is 6.27. The number of ether oxygens (including phenoxy) is 1. The second-order valence-electron chi connectivity index (χ2n) is 5.40. The Balaban J connectivity index is 1.91. The SMILES string of the molecule is COC1(C(F)F)CC(COS(=O)(=O)c2ccc(C)cc2)C1. The van der Waals surface area contributed by atoms with Gasteiger partial charge in [0.05, 0.1) is 11.5 Å². The molecule has 0 aliphatic heterocycles. The Morgan fingerprint density at radius 3 is 2.33 bits per heavy atom. The van der Waals surface area contributed by atoms with Crippen LogP contribution in [0.3, 0.4) is 0 Å². The van der Waals surface area contributed by atoms with Crippen LogP contribution < -0.4 is 0 Å². The Morgan fingerprint density at radius 1 is 1.29 bits per heavy atom. The summed E-state index contributed by atoms with van der Waals surface area (Å²) in [5.74, 6) is -0.237. The van der Waals surface area contributed by atoms with Gasteiger partial charge in [0.25, 0.3) is 16.5 Å². The van der Waals surface area contributed by atoms with E-state index in [9.17, 15) is 17.2 Å². The molecule has 0 spiro atoms. The van der Waals surface area contributed by atoms with Crippen molar-refractivity contribution in [1.29, 1.82) is 0 Å². The minimum absolute atomic E-state index is 0.0688. The maximum atomic E-state index is 12.8. The first-order valence-electron chi connectivity index (χ1n) is 6.58. The molecule has 0 aromatic heterocycles. The highest BCUT2D eigenvalue weighted by Gasteiger charge is 2.52. The average Bonchev–Trinajstić information content (AvgIpc) is 2.37. The van der Waals surface area contributed by atoms with Gasteiger partial charge >= 0.3 is 0 Å². The second kappa shape index (κ2) is 5.98. The zero-order valence-corrected chi connectivity index (χ0v) is 12.7. The van der Waals surface area contributed by atoms with Gasteiger partial charge in [0.2, 0.25) is 0 Å². The summed E-state index contributed by atoms with van der Waals surface area (Å²) in [5, 5.41) is 0. The molecule has 4 nitrogen and oxygen atoms in total. The summed E-state index contributed by atoms with van der Waals surface area (Å²) in [5.41, 5.74) is -0.503. The van der Waals surface area contributed by atoms with Crippen molar-refractivity contribution in [1.82, 2.24) is 0 Å². The third kappa shape index (κ3) is 3.41. The molecule has 1 aromatic carbocycles. The molecule has 1 aliphatic carbocycles. The first kappa shape index (κ1) is 16.3. The van der Waals surface area contributed by atoms with Crippen molar-refractivity contribution in [2.24, 2.45) is 5.92 Å². The molecule has 0 N–H and O–H groups in total. The average molecular weight is 320 g/mol. The zero-order valence-electron chi connectivity index (χ0n) is 11.9. The van der Waals surface area contributed by atoms with Crippen LogP contribution in [0.4, 0.5) is 8.78 Å². The summed E-state index contributed by atoms with van der Waals surface area (Å²) in [7, 11) is -2.60. The quantitative estimate of drug-likeness (QED) is 0.756. The Morgan fingerprint density at radius 2 is 1.86 bits per heavy atom. The van der Waals surface area contributed by atoms with Gasteiger partial charge in [-0.3, -0.25) is 4.18 Å². The lowest BCUT2D eigenvalue weighted by atomic mass is 9.71. The predicted molar refractivity (Wildman–Crippen MR) is 72.8 cm³/mol. The Labute approximate surface area is 123 Å². The van der Waals surface area contributed by atoms with E-state index < -0.39 is 22.1 Å². The van der Waals surface area contributed by atoms with Crippen molar-refractivity contribution >= 4 is 10.1 Å². The van der Waals surface area contributed by atoms with Crippen molar-refractivity contribution in [3.63, 3.8) is 0 Å². The highest BCUT2D eigenvalue weighted by molar-refractivity contribution is 7.86. The van der Waals surface area contributed by atoms with E-state index in [-0.39, 0.29) is 30.3 Å². The van der Waals surface area contributed by atoms with Crippen molar-refractivity contribution in [2.45, 2.75) is 36.7 Å². The van der Waals surface area contributed by atoms with Gasteiger partial charge in [-0.15, -0.1) is 0 Å². The van der Waals surface area contributed by atoms with Gasteiger partial charge < -0.3 is 4.74 Å². The number of hydrogen-bond donors (Lipinski definition) is 0. The standard InChI is InChI=1S/C14H18F2O4S/c1-10-3-5-12(6-4-10)21(17,18)20-9-11-7-14(8-11,19-2)13(15)16/h3-6,11,13H,7-9H2,1-2H3. The lowest BCUT2D eigenvalue weighted by Crippen LogP contribution is -2.52. The van der Waals surface area contributed by atoms with Crippen LogP contribution in [0.25, 0.3) is 0 Å². The lowest BCUT2D eigenvalue weighted by Gasteiger charge is -2.45. The molecule has 1 aromatic rings. The van der Waals surface area contributed by atoms with Crippen LogP contribution >= 0.6 is 0 Å². The van der Waals surface area contributed by atoms with Gasteiger partial charge in [0.15, 0.2) is 0 Å². The van der Waals surface area contributed by atoms with Crippen molar-refractivity contribution < 1.29 is 26.1 Å². The van der Waals surface area contributed by atoms with Crippen molar-refractivity contribution in [2.75, 3.05) is 13.7 Å². The maximum absolute atomic E-state index is 12.8. The van der Waals surface area contributed by atoms with E-state index in [0.717, 1.165) is 5.56 Å². The fraction of sp³-hybridized carbons (Fsp3) is 0.571. The normalized spacial score (nSPS) is 25.9. The molecule has 7 heteroatoms. The van der Waals surface area contributed by atoms with Crippen LogP contribution in [0, 0.1) is 12.8 Å². The molecule has 21 heavy (non-hydrogen) atoms. The summed E-state index contributed by atoms with van der Waals surface area (Å²) in [6.45, 7) is 1.74. The van der Waals surface area contributed by atoms with Crippen LogP contribution in [0.2, 0.25) is 0 Å². The van der Waals surface area contributed by atoms with Crippen LogP contribution in [0.15, 0.2) is 29.2 Å². The van der Waals surface area contributed by atoms with E-state index in [2.05, 4.69) is 0 Å². The first-order valence-corrected chi connectivity index (χ1v) is 7.99. The van der Waals surface area contributed by atoms with Crippen LogP contribution in [0.5, 0.6) is 0 Å². The molecule has 2 rings (SSSR count). The molecule has 0 bridgehead atoms. The Kier molecular flexibility index (Phi) is 4.65. The molecule has 1 aliphatic rings. The molecule has 0 radical (unpaired) electrons. The molecular formula is C14H18F2O4S. The molecule has 1 saturated carbocycles. The molecule has 0 atom stereocenters. The summed E-state index contributed by atoms with van der Waals surface area (Å²) >= 11 is 0. The van der Waals surface area contributed by atoms with E-state index >= 15 is 0 Å². The van der Waals surface area contributed by atoms with Gasteiger partial charge in [-0.2, -0.15) is 8.42 Å². The minimum atomic E-state index is -3.84. The van der Waals surface area contributed by atoms with Crippen molar-refractivity contribution in [3.8, 4) is 0 Å². The van der Waals surface area contributed by atoms with Gasteiger partial charge in [-0.1, -0.05) is 17.7 Å². The number of benzene rings is 1. The summed E-state index contributed by atoms with van der Waals surface area (Å²) < 4.78 is 59.3. The number of methoxy groups -OCH3 is 1. The van der Waals surface area contributed by atoms with E-state index in [1.165, 1.54) is 19.2 Å². The van der Waals surface area contributed by atoms with Gasteiger partial charge in [-0.05, 0) is 37.8 Å². The first-order chi connectivity index (χ1) is 9.79. The minimum Gasteiger partial charge on any atom is -0.372 e. The van der Waals surface area contributed by atoms with Gasteiger partial charge in [-0.25, -0.2) is 8.78 Å². The predicted octanol–water partition coefficient (Wildman–Crippen LogP) is 2.76. The molecule has 0 saturated heterocycles. The molecular weight excluding hydrogens is 302 g/mol. The smallest absolute Gasteiger partial charge is 0.296 e. The third-order valence-electron chi connectivity index (χ3n) is 3.84. The molecule has 1 fully saturated rings. The maximum Gasteiger partial charge on any atom is 0.296 e. The third-order valence-corrected chi connectivity index (χ3v) is 5.14. The van der Waals surface area contributed by atoms with Crippen LogP contribution in [-0.2, 0) is 19.0 Å². The Hall–Kier alpha value is -1.05. The summed E-state index contributed by atoms with van der Waals surface area (Å²) in [6.07, 6.45) is -2.37. The second-order valence-corrected chi connectivity index (χ2v) is 7.01. The zero-order chi connectivity index (χ0) is 15.7. The fourth-order valence-electron chi connectivity index (χ4n) is 2.43. The van der Waals surface area contributed by atoms with Crippen LogP contribution in [0.1, 0.15) is 18.4 Å². The largest absolute Gasteiger partial charge is 0.372 e. The summed E-state index contributed by atoms with van der Waals surface area (Å²) in [4.78, 5) is 0.0688. The molecule has 0 unspecified atom stereocenters.